The molecular weight excluding hydrogens is 276 g/mol. The summed E-state index contributed by atoms with van der Waals surface area (Å²) < 4.78 is 5.09. The predicted octanol–water partition coefficient (Wildman–Crippen LogP) is 2.08. The van der Waals surface area contributed by atoms with Crippen LogP contribution in [0.15, 0.2) is 33.9 Å². The van der Waals surface area contributed by atoms with Crippen LogP contribution in [-0.4, -0.2) is 38.7 Å². The molecule has 7 heteroatoms. The Labute approximate surface area is 121 Å². The van der Waals surface area contributed by atoms with E-state index in [1.54, 1.807) is 25.1 Å². The lowest BCUT2D eigenvalue weighted by Gasteiger charge is -2.21. The second kappa shape index (κ2) is 6.51. The summed E-state index contributed by atoms with van der Waals surface area (Å²) >= 11 is 1.41. The molecule has 0 N–H and O–H groups in total. The number of hydrogen-bond donors (Lipinski definition) is 0. The van der Waals surface area contributed by atoms with Crippen molar-refractivity contribution in [2.24, 2.45) is 0 Å². The van der Waals surface area contributed by atoms with Gasteiger partial charge in [0.05, 0.1) is 10.8 Å². The molecular formula is C13H16N4O2S. The van der Waals surface area contributed by atoms with Gasteiger partial charge in [0.15, 0.2) is 5.82 Å². The molecule has 0 aliphatic carbocycles. The molecule has 20 heavy (non-hydrogen) atoms. The third-order valence-corrected chi connectivity index (χ3v) is 3.78. The summed E-state index contributed by atoms with van der Waals surface area (Å²) in [6.07, 6.45) is 1.71. The van der Waals surface area contributed by atoms with Crippen molar-refractivity contribution >= 4 is 17.7 Å². The average molecular weight is 292 g/mol. The molecule has 2 aromatic heterocycles. The summed E-state index contributed by atoms with van der Waals surface area (Å²) in [6.45, 7) is 3.61. The quantitative estimate of drug-likeness (QED) is 0.786. The monoisotopic (exact) mass is 292 g/mol. The fourth-order valence-corrected chi connectivity index (χ4v) is 2.32. The summed E-state index contributed by atoms with van der Waals surface area (Å²) in [6, 6.07) is 5.38. The molecule has 0 aliphatic rings. The van der Waals surface area contributed by atoms with Crippen LogP contribution in [0.25, 0.3) is 0 Å². The smallest absolute Gasteiger partial charge is 0.249 e. The summed E-state index contributed by atoms with van der Waals surface area (Å²) in [5.41, 5.74) is 0. The highest BCUT2D eigenvalue weighted by molar-refractivity contribution is 7.99. The zero-order valence-electron chi connectivity index (χ0n) is 11.6. The van der Waals surface area contributed by atoms with E-state index in [1.807, 2.05) is 25.1 Å². The molecule has 2 rings (SSSR count). The van der Waals surface area contributed by atoms with Crippen molar-refractivity contribution < 1.29 is 9.32 Å². The van der Waals surface area contributed by atoms with Crippen molar-refractivity contribution in [2.75, 3.05) is 12.8 Å². The van der Waals surface area contributed by atoms with E-state index in [-0.39, 0.29) is 11.9 Å². The van der Waals surface area contributed by atoms with Crippen molar-refractivity contribution in [1.29, 1.82) is 0 Å². The van der Waals surface area contributed by atoms with Gasteiger partial charge in [-0.25, -0.2) is 4.98 Å². The maximum atomic E-state index is 12.1. The van der Waals surface area contributed by atoms with Crippen LogP contribution in [0.3, 0.4) is 0 Å². The second-order valence-corrected chi connectivity index (χ2v) is 5.31. The molecule has 0 aromatic carbocycles. The maximum Gasteiger partial charge on any atom is 0.249 e. The molecule has 0 aliphatic heterocycles. The molecule has 0 radical (unpaired) electrons. The first-order valence-corrected chi connectivity index (χ1v) is 7.16. The van der Waals surface area contributed by atoms with Gasteiger partial charge in [0.25, 0.3) is 0 Å². The number of rotatable bonds is 5. The van der Waals surface area contributed by atoms with Crippen LogP contribution in [-0.2, 0) is 4.79 Å². The minimum atomic E-state index is -0.243. The zero-order valence-corrected chi connectivity index (χ0v) is 12.4. The topological polar surface area (TPSA) is 72.1 Å². The highest BCUT2D eigenvalue weighted by atomic mass is 32.2. The van der Waals surface area contributed by atoms with E-state index in [0.29, 0.717) is 17.5 Å². The van der Waals surface area contributed by atoms with Gasteiger partial charge in [-0.05, 0) is 26.0 Å². The third-order valence-electron chi connectivity index (χ3n) is 2.86. The molecule has 0 saturated heterocycles. The number of carbonyl (C=O) groups excluding carboxylic acids is 1. The van der Waals surface area contributed by atoms with Gasteiger partial charge in [0.2, 0.25) is 11.8 Å². The van der Waals surface area contributed by atoms with Crippen molar-refractivity contribution in [2.45, 2.75) is 24.9 Å². The summed E-state index contributed by atoms with van der Waals surface area (Å²) in [5, 5.41) is 4.56. The summed E-state index contributed by atoms with van der Waals surface area (Å²) in [5.74, 6) is 1.33. The van der Waals surface area contributed by atoms with Gasteiger partial charge in [-0.3, -0.25) is 4.79 Å². The lowest BCUT2D eigenvalue weighted by molar-refractivity contribution is -0.129. The number of nitrogens with zero attached hydrogens (tertiary/aromatic N) is 4. The Morgan fingerprint density at radius 1 is 1.50 bits per heavy atom. The number of carbonyl (C=O) groups is 1. The maximum absolute atomic E-state index is 12.1. The minimum absolute atomic E-state index is 0.0102. The standard InChI is InChI=1S/C13H16N4O2S/c1-9(13-15-10(2)16-19-13)17(3)12(18)8-20-11-6-4-5-7-14-11/h4-7,9H,8H2,1-3H3/t9-/m1/s1. The fourth-order valence-electron chi connectivity index (χ4n) is 1.53. The van der Waals surface area contributed by atoms with Gasteiger partial charge in [-0.1, -0.05) is 23.0 Å². The largest absolute Gasteiger partial charge is 0.337 e. The third kappa shape index (κ3) is 3.57. The highest BCUT2D eigenvalue weighted by Crippen LogP contribution is 2.20. The summed E-state index contributed by atoms with van der Waals surface area (Å²) in [4.78, 5) is 22.0. The first kappa shape index (κ1) is 14.5. The highest BCUT2D eigenvalue weighted by Gasteiger charge is 2.22. The van der Waals surface area contributed by atoms with Gasteiger partial charge in [0.1, 0.15) is 6.04 Å². The van der Waals surface area contributed by atoms with Crippen LogP contribution in [0.5, 0.6) is 0 Å². The van der Waals surface area contributed by atoms with Crippen molar-refractivity contribution in [1.82, 2.24) is 20.0 Å². The van der Waals surface area contributed by atoms with Crippen molar-refractivity contribution in [3.05, 3.63) is 36.1 Å². The Bertz CT molecular complexity index is 573. The molecule has 6 nitrogen and oxygen atoms in total. The van der Waals surface area contributed by atoms with Crippen LogP contribution in [0, 0.1) is 6.92 Å². The predicted molar refractivity (Wildman–Crippen MR) is 75.2 cm³/mol. The lowest BCUT2D eigenvalue weighted by atomic mass is 10.3. The first-order chi connectivity index (χ1) is 9.58. The van der Waals surface area contributed by atoms with E-state index >= 15 is 0 Å². The fraction of sp³-hybridized carbons (Fsp3) is 0.385. The van der Waals surface area contributed by atoms with E-state index < -0.39 is 0 Å². The molecule has 0 fully saturated rings. The number of aryl methyl sites for hydroxylation is 1. The van der Waals surface area contributed by atoms with Crippen LogP contribution in [0.4, 0.5) is 0 Å². The minimum Gasteiger partial charge on any atom is -0.337 e. The number of amides is 1. The molecule has 0 bridgehead atoms. The molecule has 1 amide bonds. The van der Waals surface area contributed by atoms with Gasteiger partial charge < -0.3 is 9.42 Å². The van der Waals surface area contributed by atoms with E-state index in [2.05, 4.69) is 15.1 Å². The van der Waals surface area contributed by atoms with Crippen LogP contribution >= 0.6 is 11.8 Å². The van der Waals surface area contributed by atoms with E-state index in [4.69, 9.17) is 4.52 Å². The molecule has 0 spiro atoms. The van der Waals surface area contributed by atoms with Crippen molar-refractivity contribution in [3.63, 3.8) is 0 Å². The Morgan fingerprint density at radius 2 is 2.30 bits per heavy atom. The Morgan fingerprint density at radius 3 is 2.90 bits per heavy atom. The number of hydrogen-bond acceptors (Lipinski definition) is 6. The molecule has 0 saturated carbocycles. The Hall–Kier alpha value is -1.89. The first-order valence-electron chi connectivity index (χ1n) is 6.17. The van der Waals surface area contributed by atoms with E-state index in [1.165, 1.54) is 11.8 Å². The Kier molecular flexibility index (Phi) is 4.73. The molecule has 1 atom stereocenters. The second-order valence-electron chi connectivity index (χ2n) is 4.32. The molecule has 2 heterocycles. The van der Waals surface area contributed by atoms with Gasteiger partial charge >= 0.3 is 0 Å². The lowest BCUT2D eigenvalue weighted by Crippen LogP contribution is -2.31. The van der Waals surface area contributed by atoms with Crippen molar-refractivity contribution in [3.8, 4) is 0 Å². The normalized spacial score (nSPS) is 12.2. The van der Waals surface area contributed by atoms with E-state index in [9.17, 15) is 4.79 Å². The average Bonchev–Trinajstić information content (AvgIpc) is 2.91. The zero-order chi connectivity index (χ0) is 14.5. The number of aromatic nitrogens is 3. The molecule has 106 valence electrons. The number of thioether (sulfide) groups is 1. The van der Waals surface area contributed by atoms with Gasteiger partial charge in [0, 0.05) is 13.2 Å². The van der Waals surface area contributed by atoms with Gasteiger partial charge in [-0.15, -0.1) is 0 Å². The van der Waals surface area contributed by atoms with Gasteiger partial charge in [-0.2, -0.15) is 4.98 Å². The van der Waals surface area contributed by atoms with Crippen LogP contribution < -0.4 is 0 Å². The van der Waals surface area contributed by atoms with E-state index in [0.717, 1.165) is 5.03 Å². The Balaban J connectivity index is 1.91. The molecule has 0 unspecified atom stereocenters. The van der Waals surface area contributed by atoms with Crippen LogP contribution in [0.1, 0.15) is 24.7 Å². The SMILES string of the molecule is Cc1noc([C@@H](C)N(C)C(=O)CSc2ccccn2)n1. The summed E-state index contributed by atoms with van der Waals surface area (Å²) in [7, 11) is 1.73. The number of pyridine rings is 1. The molecule has 2 aromatic rings. The van der Waals surface area contributed by atoms with Crippen LogP contribution in [0.2, 0.25) is 0 Å².